The van der Waals surface area contributed by atoms with Gasteiger partial charge in [0, 0.05) is 38.3 Å². The summed E-state index contributed by atoms with van der Waals surface area (Å²) in [4.78, 5) is 27.6. The van der Waals surface area contributed by atoms with Gasteiger partial charge in [-0.2, -0.15) is 0 Å². The number of morpholine rings is 1. The van der Waals surface area contributed by atoms with E-state index >= 15 is 0 Å². The maximum Gasteiger partial charge on any atom is 0.289 e. The maximum absolute atomic E-state index is 13.3. The molecule has 162 valence electrons. The van der Waals surface area contributed by atoms with E-state index in [1.807, 2.05) is 0 Å². The summed E-state index contributed by atoms with van der Waals surface area (Å²) >= 11 is 0. The first-order chi connectivity index (χ1) is 14.8. The lowest BCUT2D eigenvalue weighted by atomic mass is 10.0. The first-order valence-electron chi connectivity index (χ1n) is 9.71. The van der Waals surface area contributed by atoms with Crippen LogP contribution in [0, 0.1) is 5.82 Å². The van der Waals surface area contributed by atoms with E-state index in [1.54, 1.807) is 17.0 Å². The highest BCUT2D eigenvalue weighted by Gasteiger charge is 2.29. The highest BCUT2D eigenvalue weighted by atomic mass is 19.1. The number of rotatable bonds is 5. The number of carbonyl (C=O) groups excluding carboxylic acids is 2. The molecular weight excluding hydrogens is 407 g/mol. The molecule has 31 heavy (non-hydrogen) atoms. The fourth-order valence-corrected chi connectivity index (χ4v) is 3.49. The SMILES string of the molecule is Cn1cc(C(=O)c2oc(C(=O)N3CCOCC3)cc2Cc2ccc(F)cc2)c(O)c1O. The monoisotopic (exact) mass is 428 g/mol. The molecule has 0 bridgehead atoms. The number of hydrogen-bond donors (Lipinski definition) is 2. The Morgan fingerprint density at radius 1 is 1.13 bits per heavy atom. The Kier molecular flexibility index (Phi) is 5.51. The van der Waals surface area contributed by atoms with Crippen LogP contribution >= 0.6 is 0 Å². The lowest BCUT2D eigenvalue weighted by Crippen LogP contribution is -2.40. The molecule has 0 radical (unpaired) electrons. The van der Waals surface area contributed by atoms with E-state index in [2.05, 4.69) is 0 Å². The normalized spacial score (nSPS) is 14.1. The summed E-state index contributed by atoms with van der Waals surface area (Å²) in [6.45, 7) is 1.64. The van der Waals surface area contributed by atoms with Gasteiger partial charge in [-0.3, -0.25) is 9.59 Å². The van der Waals surface area contributed by atoms with Gasteiger partial charge in [-0.05, 0) is 23.8 Å². The number of benzene rings is 1. The number of nitrogens with zero attached hydrogens (tertiary/aromatic N) is 2. The summed E-state index contributed by atoms with van der Waals surface area (Å²) in [7, 11) is 1.47. The lowest BCUT2D eigenvalue weighted by molar-refractivity contribution is 0.0282. The molecule has 0 unspecified atom stereocenters. The summed E-state index contributed by atoms with van der Waals surface area (Å²) in [5, 5.41) is 20.0. The van der Waals surface area contributed by atoms with Gasteiger partial charge in [0.05, 0.1) is 18.8 Å². The van der Waals surface area contributed by atoms with Gasteiger partial charge < -0.3 is 28.8 Å². The van der Waals surface area contributed by atoms with Crippen molar-refractivity contribution < 1.29 is 33.3 Å². The fraction of sp³-hybridized carbons (Fsp3) is 0.273. The van der Waals surface area contributed by atoms with Crippen LogP contribution in [0.15, 0.2) is 40.9 Å². The standard InChI is InChI=1S/C22H21FN2O6/c1-24-12-16(19(27)22(24)29)18(26)20-14(10-13-2-4-15(23)5-3-13)11-17(31-20)21(28)25-6-8-30-9-7-25/h2-5,11-12,27,29H,6-10H2,1H3. The Balaban J connectivity index is 1.72. The van der Waals surface area contributed by atoms with Crippen LogP contribution in [0.5, 0.6) is 11.6 Å². The topological polar surface area (TPSA) is 105 Å². The van der Waals surface area contributed by atoms with E-state index in [0.29, 0.717) is 37.4 Å². The van der Waals surface area contributed by atoms with E-state index in [-0.39, 0.29) is 35.2 Å². The summed E-state index contributed by atoms with van der Waals surface area (Å²) < 4.78 is 25.4. The van der Waals surface area contributed by atoms with Crippen molar-refractivity contribution in [2.24, 2.45) is 7.05 Å². The van der Waals surface area contributed by atoms with Crippen molar-refractivity contribution in [2.45, 2.75) is 6.42 Å². The van der Waals surface area contributed by atoms with E-state index in [9.17, 15) is 24.2 Å². The average Bonchev–Trinajstić information content (AvgIpc) is 3.31. The molecule has 0 spiro atoms. The van der Waals surface area contributed by atoms with Gasteiger partial charge in [0.15, 0.2) is 17.3 Å². The van der Waals surface area contributed by atoms with Gasteiger partial charge in [0.1, 0.15) is 5.82 Å². The molecule has 1 aromatic carbocycles. The highest BCUT2D eigenvalue weighted by Crippen LogP contribution is 2.33. The van der Waals surface area contributed by atoms with E-state index in [4.69, 9.17) is 9.15 Å². The van der Waals surface area contributed by atoms with Crippen LogP contribution in [0.4, 0.5) is 4.39 Å². The second kappa shape index (κ2) is 8.27. The number of halogens is 1. The number of hydrogen-bond acceptors (Lipinski definition) is 6. The molecule has 0 atom stereocenters. The molecule has 0 aliphatic carbocycles. The lowest BCUT2D eigenvalue weighted by Gasteiger charge is -2.25. The molecule has 9 heteroatoms. The molecule has 8 nitrogen and oxygen atoms in total. The predicted molar refractivity (Wildman–Crippen MR) is 107 cm³/mol. The van der Waals surface area contributed by atoms with Crippen molar-refractivity contribution >= 4 is 11.7 Å². The number of carbonyl (C=O) groups is 2. The quantitative estimate of drug-likeness (QED) is 0.605. The number of ether oxygens (including phenoxy) is 1. The van der Waals surface area contributed by atoms with Crippen molar-refractivity contribution in [3.63, 3.8) is 0 Å². The molecule has 1 aliphatic heterocycles. The van der Waals surface area contributed by atoms with Crippen molar-refractivity contribution in [2.75, 3.05) is 26.3 Å². The summed E-state index contributed by atoms with van der Waals surface area (Å²) in [6.07, 6.45) is 1.49. The van der Waals surface area contributed by atoms with Crippen LogP contribution in [-0.4, -0.2) is 57.7 Å². The van der Waals surface area contributed by atoms with Crippen molar-refractivity contribution in [3.8, 4) is 11.6 Å². The molecule has 3 heterocycles. The van der Waals surface area contributed by atoms with E-state index in [1.165, 1.54) is 36.0 Å². The Labute approximate surface area is 177 Å². The molecule has 3 aromatic rings. The van der Waals surface area contributed by atoms with Crippen molar-refractivity contribution in [1.29, 1.82) is 0 Å². The Bertz CT molecular complexity index is 1130. The molecular formula is C22H21FN2O6. The van der Waals surface area contributed by atoms with Crippen LogP contribution in [-0.2, 0) is 18.2 Å². The third kappa shape index (κ3) is 4.04. The van der Waals surface area contributed by atoms with Crippen molar-refractivity contribution in [1.82, 2.24) is 9.47 Å². The smallest absolute Gasteiger partial charge is 0.289 e. The van der Waals surface area contributed by atoms with Crippen LogP contribution in [0.2, 0.25) is 0 Å². The zero-order chi connectivity index (χ0) is 22.1. The molecule has 1 amide bonds. The largest absolute Gasteiger partial charge is 0.503 e. The Morgan fingerprint density at radius 2 is 1.81 bits per heavy atom. The molecule has 2 aromatic heterocycles. The molecule has 1 aliphatic rings. The number of furan rings is 1. The van der Waals surface area contributed by atoms with Crippen LogP contribution in [0.3, 0.4) is 0 Å². The average molecular weight is 428 g/mol. The van der Waals surface area contributed by atoms with Gasteiger partial charge >= 0.3 is 0 Å². The third-order valence-corrected chi connectivity index (χ3v) is 5.20. The molecule has 2 N–H and O–H groups in total. The third-order valence-electron chi connectivity index (χ3n) is 5.20. The van der Waals surface area contributed by atoms with Crippen LogP contribution in [0.1, 0.15) is 37.8 Å². The summed E-state index contributed by atoms with van der Waals surface area (Å²) in [6, 6.07) is 7.25. The van der Waals surface area contributed by atoms with Gasteiger partial charge in [-0.15, -0.1) is 0 Å². The Hall–Kier alpha value is -3.59. The second-order valence-electron chi connectivity index (χ2n) is 7.33. The zero-order valence-electron chi connectivity index (χ0n) is 16.8. The minimum atomic E-state index is -0.675. The molecule has 0 saturated carbocycles. The first kappa shape index (κ1) is 20.7. The summed E-state index contributed by atoms with van der Waals surface area (Å²) in [5.74, 6) is -2.60. The first-order valence-corrected chi connectivity index (χ1v) is 9.71. The van der Waals surface area contributed by atoms with Crippen LogP contribution < -0.4 is 0 Å². The van der Waals surface area contributed by atoms with Gasteiger partial charge in [-0.25, -0.2) is 4.39 Å². The summed E-state index contributed by atoms with van der Waals surface area (Å²) in [5.41, 5.74) is 0.970. The second-order valence-corrected chi connectivity index (χ2v) is 7.33. The zero-order valence-corrected chi connectivity index (χ0v) is 16.8. The molecule has 1 saturated heterocycles. The van der Waals surface area contributed by atoms with Crippen molar-refractivity contribution in [3.05, 3.63) is 70.6 Å². The molecule has 1 fully saturated rings. The van der Waals surface area contributed by atoms with Gasteiger partial charge in [0.2, 0.25) is 11.7 Å². The fourth-order valence-electron chi connectivity index (χ4n) is 3.49. The number of aromatic nitrogens is 1. The highest BCUT2D eigenvalue weighted by molar-refractivity contribution is 6.11. The number of ketones is 1. The number of amides is 1. The minimum absolute atomic E-state index is 0.0120. The van der Waals surface area contributed by atoms with E-state index in [0.717, 1.165) is 0 Å². The number of aromatic hydroxyl groups is 2. The number of aryl methyl sites for hydroxylation is 1. The van der Waals surface area contributed by atoms with Gasteiger partial charge in [0.25, 0.3) is 5.91 Å². The van der Waals surface area contributed by atoms with Gasteiger partial charge in [-0.1, -0.05) is 12.1 Å². The van der Waals surface area contributed by atoms with E-state index < -0.39 is 17.4 Å². The predicted octanol–water partition coefficient (Wildman–Crippen LogP) is 2.46. The minimum Gasteiger partial charge on any atom is -0.503 e. The maximum atomic E-state index is 13.3. The molecule has 4 rings (SSSR count). The Morgan fingerprint density at radius 3 is 2.42 bits per heavy atom. The van der Waals surface area contributed by atoms with Crippen LogP contribution in [0.25, 0.3) is 0 Å².